The highest BCUT2D eigenvalue weighted by Gasteiger charge is 2.42. The van der Waals surface area contributed by atoms with Crippen molar-refractivity contribution < 1.29 is 9.47 Å². The molecule has 3 nitrogen and oxygen atoms in total. The Kier molecular flexibility index (Phi) is 4.30. The van der Waals surface area contributed by atoms with Crippen molar-refractivity contribution in [3.8, 4) is 5.75 Å². The topological polar surface area (TPSA) is 44.5 Å². The second-order valence-corrected chi connectivity index (χ2v) is 5.80. The van der Waals surface area contributed by atoms with Crippen LogP contribution in [0, 0.1) is 0 Å². The van der Waals surface area contributed by atoms with Crippen LogP contribution < -0.4 is 10.5 Å². The van der Waals surface area contributed by atoms with Gasteiger partial charge in [-0.2, -0.15) is 0 Å². The van der Waals surface area contributed by atoms with Crippen LogP contribution in [0.5, 0.6) is 5.75 Å². The van der Waals surface area contributed by atoms with Crippen molar-refractivity contribution in [2.24, 2.45) is 5.73 Å². The van der Waals surface area contributed by atoms with Crippen LogP contribution >= 0.6 is 15.9 Å². The van der Waals surface area contributed by atoms with Crippen molar-refractivity contribution >= 4 is 15.9 Å². The van der Waals surface area contributed by atoms with Crippen molar-refractivity contribution in [3.63, 3.8) is 0 Å². The lowest BCUT2D eigenvalue weighted by molar-refractivity contribution is -0.0897. The number of halogens is 1. The van der Waals surface area contributed by atoms with E-state index in [0.29, 0.717) is 0 Å². The number of benzene rings is 1. The third-order valence-corrected chi connectivity index (χ3v) is 4.46. The highest BCUT2D eigenvalue weighted by molar-refractivity contribution is 9.10. The van der Waals surface area contributed by atoms with Gasteiger partial charge < -0.3 is 15.2 Å². The summed E-state index contributed by atoms with van der Waals surface area (Å²) in [7, 11) is 3.45. The van der Waals surface area contributed by atoms with Gasteiger partial charge in [-0.05, 0) is 49.4 Å². The van der Waals surface area contributed by atoms with Gasteiger partial charge in [-0.25, -0.2) is 0 Å². The van der Waals surface area contributed by atoms with Gasteiger partial charge in [0.1, 0.15) is 5.75 Å². The van der Waals surface area contributed by atoms with Gasteiger partial charge in [-0.3, -0.25) is 0 Å². The average Bonchev–Trinajstić information content (AvgIpc) is 2.28. The van der Waals surface area contributed by atoms with Crippen LogP contribution in [-0.2, 0) is 11.2 Å². The molecule has 4 heteroatoms. The predicted molar refractivity (Wildman–Crippen MR) is 76.0 cm³/mol. The van der Waals surface area contributed by atoms with Gasteiger partial charge in [-0.1, -0.05) is 15.9 Å². The Hall–Kier alpha value is -0.580. The number of nitrogens with two attached hydrogens (primary N) is 1. The van der Waals surface area contributed by atoms with Gasteiger partial charge in [0.05, 0.1) is 12.7 Å². The van der Waals surface area contributed by atoms with Crippen LogP contribution in [0.1, 0.15) is 24.8 Å². The monoisotopic (exact) mass is 313 g/mol. The Bertz CT molecular complexity index is 413. The maximum absolute atomic E-state index is 6.33. The Balaban J connectivity index is 2.15. The summed E-state index contributed by atoms with van der Waals surface area (Å²) in [5.74, 6) is 0.888. The summed E-state index contributed by atoms with van der Waals surface area (Å²) in [6.45, 7) is 0. The number of rotatable bonds is 5. The third kappa shape index (κ3) is 2.56. The largest absolute Gasteiger partial charge is 0.496 e. The maximum atomic E-state index is 6.33. The minimum atomic E-state index is -0.132. The van der Waals surface area contributed by atoms with Crippen LogP contribution in [0.25, 0.3) is 0 Å². The summed E-state index contributed by atoms with van der Waals surface area (Å²) in [5.41, 5.74) is 7.33. The summed E-state index contributed by atoms with van der Waals surface area (Å²) in [4.78, 5) is 0. The Morgan fingerprint density at radius 1 is 1.39 bits per heavy atom. The highest BCUT2D eigenvalue weighted by atomic mass is 79.9. The fraction of sp³-hybridized carbons (Fsp3) is 0.571. The van der Waals surface area contributed by atoms with Gasteiger partial charge in [-0.15, -0.1) is 0 Å². The van der Waals surface area contributed by atoms with Crippen molar-refractivity contribution in [1.82, 2.24) is 0 Å². The molecule has 1 saturated carbocycles. The summed E-state index contributed by atoms with van der Waals surface area (Å²) < 4.78 is 12.1. The zero-order chi connectivity index (χ0) is 13.2. The molecule has 18 heavy (non-hydrogen) atoms. The van der Waals surface area contributed by atoms with Crippen molar-refractivity contribution in [1.29, 1.82) is 0 Å². The number of hydrogen-bond donors (Lipinski definition) is 1. The minimum absolute atomic E-state index is 0.0134. The lowest BCUT2D eigenvalue weighted by atomic mass is 9.73. The quantitative estimate of drug-likeness (QED) is 0.909. The fourth-order valence-corrected chi connectivity index (χ4v) is 2.99. The molecule has 1 aromatic carbocycles. The van der Waals surface area contributed by atoms with E-state index in [1.165, 1.54) is 6.42 Å². The number of hydrogen-bond acceptors (Lipinski definition) is 3. The van der Waals surface area contributed by atoms with Crippen LogP contribution in [0.15, 0.2) is 22.7 Å². The Morgan fingerprint density at radius 2 is 2.11 bits per heavy atom. The third-order valence-electron chi connectivity index (χ3n) is 3.96. The molecule has 1 aliphatic carbocycles. The predicted octanol–water partition coefficient (Wildman–Crippen LogP) is 2.90. The lowest BCUT2D eigenvalue weighted by Crippen LogP contribution is -2.55. The van der Waals surface area contributed by atoms with Crippen LogP contribution in [0.2, 0.25) is 0 Å². The molecule has 1 unspecified atom stereocenters. The highest BCUT2D eigenvalue weighted by Crippen LogP contribution is 2.39. The van der Waals surface area contributed by atoms with E-state index in [9.17, 15) is 0 Å². The molecule has 0 amide bonds. The molecule has 2 rings (SSSR count). The molecule has 0 aromatic heterocycles. The first-order valence-corrected chi connectivity index (χ1v) is 7.04. The molecule has 1 aromatic rings. The Labute approximate surface area is 117 Å². The minimum Gasteiger partial charge on any atom is -0.496 e. The molecule has 1 aliphatic rings. The number of methoxy groups -OCH3 is 2. The second-order valence-electron chi connectivity index (χ2n) is 4.89. The van der Waals surface area contributed by atoms with E-state index in [-0.39, 0.29) is 11.6 Å². The molecule has 1 fully saturated rings. The molecular formula is C14H20BrNO2. The maximum Gasteiger partial charge on any atom is 0.122 e. The van der Waals surface area contributed by atoms with Crippen molar-refractivity contribution in [3.05, 3.63) is 28.2 Å². The molecule has 0 bridgehead atoms. The standard InChI is InChI=1S/C14H20BrNO2/c1-17-12-5-4-11(15)8-10(12)9-13(16)14(18-2)6-3-7-14/h4-5,8,13H,3,6-7,9,16H2,1-2H3. The van der Waals surface area contributed by atoms with Gasteiger partial charge in [0.2, 0.25) is 0 Å². The first-order valence-electron chi connectivity index (χ1n) is 6.24. The molecular weight excluding hydrogens is 294 g/mol. The van der Waals surface area contributed by atoms with E-state index >= 15 is 0 Å². The number of ether oxygens (including phenoxy) is 2. The molecule has 0 saturated heterocycles. The first-order chi connectivity index (χ1) is 8.61. The molecule has 100 valence electrons. The molecule has 1 atom stereocenters. The van der Waals surface area contributed by atoms with E-state index in [1.807, 2.05) is 12.1 Å². The van der Waals surface area contributed by atoms with Crippen LogP contribution in [0.3, 0.4) is 0 Å². The van der Waals surface area contributed by atoms with E-state index in [1.54, 1.807) is 14.2 Å². The summed E-state index contributed by atoms with van der Waals surface area (Å²) in [6.07, 6.45) is 4.09. The van der Waals surface area contributed by atoms with Gasteiger partial charge in [0, 0.05) is 17.6 Å². The second kappa shape index (κ2) is 5.59. The Morgan fingerprint density at radius 3 is 2.61 bits per heavy atom. The molecule has 0 radical (unpaired) electrons. The average molecular weight is 314 g/mol. The summed E-state index contributed by atoms with van der Waals surface area (Å²) in [5, 5.41) is 0. The van der Waals surface area contributed by atoms with E-state index in [0.717, 1.165) is 35.0 Å². The summed E-state index contributed by atoms with van der Waals surface area (Å²) in [6, 6.07) is 6.02. The normalized spacial score (nSPS) is 19.1. The fourth-order valence-electron chi connectivity index (χ4n) is 2.58. The smallest absolute Gasteiger partial charge is 0.122 e. The van der Waals surface area contributed by atoms with Crippen molar-refractivity contribution in [2.45, 2.75) is 37.3 Å². The van der Waals surface area contributed by atoms with Gasteiger partial charge >= 0.3 is 0 Å². The van der Waals surface area contributed by atoms with E-state index in [4.69, 9.17) is 15.2 Å². The van der Waals surface area contributed by atoms with Gasteiger partial charge in [0.25, 0.3) is 0 Å². The van der Waals surface area contributed by atoms with Crippen LogP contribution in [-0.4, -0.2) is 25.9 Å². The molecule has 2 N–H and O–H groups in total. The molecule has 0 aliphatic heterocycles. The van der Waals surface area contributed by atoms with E-state index < -0.39 is 0 Å². The van der Waals surface area contributed by atoms with Crippen molar-refractivity contribution in [2.75, 3.05) is 14.2 Å². The first kappa shape index (κ1) is 13.8. The SMILES string of the molecule is COc1ccc(Br)cc1CC(N)C1(OC)CCC1. The molecule has 0 heterocycles. The zero-order valence-electron chi connectivity index (χ0n) is 10.9. The molecule has 0 spiro atoms. The lowest BCUT2D eigenvalue weighted by Gasteiger charge is -2.45. The van der Waals surface area contributed by atoms with Gasteiger partial charge in [0.15, 0.2) is 0 Å². The zero-order valence-corrected chi connectivity index (χ0v) is 12.5. The van der Waals surface area contributed by atoms with E-state index in [2.05, 4.69) is 22.0 Å². The summed E-state index contributed by atoms with van der Waals surface area (Å²) >= 11 is 3.49. The van der Waals surface area contributed by atoms with Crippen LogP contribution in [0.4, 0.5) is 0 Å².